The number of allylic oxidation sites excluding steroid dienone is 2. The third-order valence-corrected chi connectivity index (χ3v) is 3.12. The summed E-state index contributed by atoms with van der Waals surface area (Å²) in [5.41, 5.74) is 1.85. The van der Waals surface area contributed by atoms with Crippen LogP contribution in [0.1, 0.15) is 48.9 Å². The van der Waals surface area contributed by atoms with Crippen molar-refractivity contribution < 1.29 is 4.79 Å². The van der Waals surface area contributed by atoms with Crippen LogP contribution in [-0.2, 0) is 0 Å². The molecule has 0 spiro atoms. The van der Waals surface area contributed by atoms with Gasteiger partial charge in [0.25, 0.3) is 0 Å². The Labute approximate surface area is 97.2 Å². The van der Waals surface area contributed by atoms with Crippen molar-refractivity contribution in [1.82, 2.24) is 0 Å². The summed E-state index contributed by atoms with van der Waals surface area (Å²) in [6.45, 7) is 0. The Hall–Kier alpha value is -1.37. The van der Waals surface area contributed by atoms with Crippen LogP contribution in [0.2, 0.25) is 0 Å². The molecule has 0 N–H and O–H groups in total. The zero-order valence-electron chi connectivity index (χ0n) is 9.61. The second-order valence-corrected chi connectivity index (χ2v) is 4.38. The molecule has 0 atom stereocenters. The summed E-state index contributed by atoms with van der Waals surface area (Å²) in [6, 6.07) is 9.61. The van der Waals surface area contributed by atoms with E-state index in [1.54, 1.807) is 0 Å². The quantitative estimate of drug-likeness (QED) is 0.676. The van der Waals surface area contributed by atoms with E-state index in [1.165, 1.54) is 19.3 Å². The topological polar surface area (TPSA) is 17.1 Å². The van der Waals surface area contributed by atoms with Gasteiger partial charge in [-0.15, -0.1) is 0 Å². The van der Waals surface area contributed by atoms with Crippen molar-refractivity contribution in [1.29, 1.82) is 0 Å². The fraction of sp³-hybridized carbons (Fsp3) is 0.400. The van der Waals surface area contributed by atoms with Crippen LogP contribution in [0.25, 0.3) is 0 Å². The Morgan fingerprint density at radius 3 is 2.50 bits per heavy atom. The minimum atomic E-state index is 0.225. The predicted molar refractivity (Wildman–Crippen MR) is 66.6 cm³/mol. The molecule has 0 unspecified atom stereocenters. The SMILES string of the molecule is O=C(/C1=C/CCCCCC1)c1ccccc1. The Bertz CT molecular complexity index is 376. The van der Waals surface area contributed by atoms with Crippen molar-refractivity contribution >= 4 is 5.78 Å². The maximum absolute atomic E-state index is 12.2. The number of Topliss-reactive ketones (excluding diaryl/α,β-unsaturated/α-hetero) is 1. The van der Waals surface area contributed by atoms with Crippen molar-refractivity contribution in [3.05, 3.63) is 47.5 Å². The summed E-state index contributed by atoms with van der Waals surface area (Å²) in [5, 5.41) is 0. The van der Waals surface area contributed by atoms with Crippen LogP contribution in [0.4, 0.5) is 0 Å². The fourth-order valence-electron chi connectivity index (χ4n) is 2.17. The number of hydrogen-bond donors (Lipinski definition) is 0. The molecule has 0 aliphatic heterocycles. The zero-order valence-corrected chi connectivity index (χ0v) is 9.61. The molecule has 0 fully saturated rings. The van der Waals surface area contributed by atoms with Crippen LogP contribution in [0, 0.1) is 0 Å². The first kappa shape index (κ1) is 11.1. The van der Waals surface area contributed by atoms with E-state index in [0.29, 0.717) is 0 Å². The third kappa shape index (κ3) is 2.82. The lowest BCUT2D eigenvalue weighted by atomic mass is 9.94. The summed E-state index contributed by atoms with van der Waals surface area (Å²) >= 11 is 0. The molecule has 1 aromatic carbocycles. The Morgan fingerprint density at radius 2 is 1.69 bits per heavy atom. The lowest BCUT2D eigenvalue weighted by Crippen LogP contribution is -2.04. The molecule has 16 heavy (non-hydrogen) atoms. The number of rotatable bonds is 2. The Balaban J connectivity index is 2.14. The highest BCUT2D eigenvalue weighted by atomic mass is 16.1. The lowest BCUT2D eigenvalue weighted by molar-refractivity contribution is 0.102. The van der Waals surface area contributed by atoms with Gasteiger partial charge in [0.1, 0.15) is 0 Å². The van der Waals surface area contributed by atoms with Gasteiger partial charge in [0.15, 0.2) is 5.78 Å². The van der Waals surface area contributed by atoms with Gasteiger partial charge in [0, 0.05) is 5.56 Å². The van der Waals surface area contributed by atoms with Crippen molar-refractivity contribution in [3.8, 4) is 0 Å². The molecule has 0 aromatic heterocycles. The largest absolute Gasteiger partial charge is 0.289 e. The molecule has 1 nitrogen and oxygen atoms in total. The normalized spacial score (nSPS) is 20.4. The van der Waals surface area contributed by atoms with Crippen LogP contribution in [0.15, 0.2) is 42.0 Å². The van der Waals surface area contributed by atoms with E-state index in [1.807, 2.05) is 30.3 Å². The molecule has 0 heterocycles. The van der Waals surface area contributed by atoms with Crippen molar-refractivity contribution in [3.63, 3.8) is 0 Å². The van der Waals surface area contributed by atoms with Gasteiger partial charge in [-0.3, -0.25) is 4.79 Å². The minimum absolute atomic E-state index is 0.225. The van der Waals surface area contributed by atoms with Crippen LogP contribution in [0.5, 0.6) is 0 Å². The van der Waals surface area contributed by atoms with Crippen LogP contribution in [0.3, 0.4) is 0 Å². The summed E-state index contributed by atoms with van der Waals surface area (Å²) in [6.07, 6.45) is 9.12. The molecule has 0 saturated carbocycles. The molecule has 0 amide bonds. The van der Waals surface area contributed by atoms with Crippen molar-refractivity contribution in [2.45, 2.75) is 38.5 Å². The molecule has 84 valence electrons. The van der Waals surface area contributed by atoms with Gasteiger partial charge < -0.3 is 0 Å². The fourth-order valence-corrected chi connectivity index (χ4v) is 2.17. The second-order valence-electron chi connectivity index (χ2n) is 4.38. The van der Waals surface area contributed by atoms with Gasteiger partial charge in [0.2, 0.25) is 0 Å². The highest BCUT2D eigenvalue weighted by Gasteiger charge is 2.12. The van der Waals surface area contributed by atoms with E-state index in [0.717, 1.165) is 30.4 Å². The molecule has 1 aliphatic rings. The summed E-state index contributed by atoms with van der Waals surface area (Å²) in [5.74, 6) is 0.225. The minimum Gasteiger partial charge on any atom is -0.289 e. The Kier molecular flexibility index (Phi) is 3.92. The average molecular weight is 214 g/mol. The number of benzene rings is 1. The van der Waals surface area contributed by atoms with Crippen LogP contribution >= 0.6 is 0 Å². The number of carbonyl (C=O) groups is 1. The first-order chi connectivity index (χ1) is 7.88. The second kappa shape index (κ2) is 5.64. The van der Waals surface area contributed by atoms with Crippen molar-refractivity contribution in [2.24, 2.45) is 0 Å². The van der Waals surface area contributed by atoms with Gasteiger partial charge in [-0.2, -0.15) is 0 Å². The summed E-state index contributed by atoms with van der Waals surface area (Å²) < 4.78 is 0. The van der Waals surface area contributed by atoms with E-state index in [-0.39, 0.29) is 5.78 Å². The summed E-state index contributed by atoms with van der Waals surface area (Å²) in [7, 11) is 0. The van der Waals surface area contributed by atoms with Gasteiger partial charge in [-0.25, -0.2) is 0 Å². The number of ketones is 1. The van der Waals surface area contributed by atoms with E-state index >= 15 is 0 Å². The maximum atomic E-state index is 12.2. The Morgan fingerprint density at radius 1 is 0.938 bits per heavy atom. The van der Waals surface area contributed by atoms with E-state index in [4.69, 9.17) is 0 Å². The number of carbonyl (C=O) groups excluding carboxylic acids is 1. The first-order valence-corrected chi connectivity index (χ1v) is 6.17. The molecular weight excluding hydrogens is 196 g/mol. The molecule has 1 aliphatic carbocycles. The van der Waals surface area contributed by atoms with Gasteiger partial charge in [-0.1, -0.05) is 49.2 Å². The summed E-state index contributed by atoms with van der Waals surface area (Å²) in [4.78, 5) is 12.2. The van der Waals surface area contributed by atoms with Gasteiger partial charge in [-0.05, 0) is 31.3 Å². The molecule has 1 heteroatoms. The van der Waals surface area contributed by atoms with E-state index in [9.17, 15) is 4.79 Å². The molecule has 0 radical (unpaired) electrons. The van der Waals surface area contributed by atoms with Crippen LogP contribution in [-0.4, -0.2) is 5.78 Å². The highest BCUT2D eigenvalue weighted by Crippen LogP contribution is 2.20. The van der Waals surface area contributed by atoms with Gasteiger partial charge >= 0.3 is 0 Å². The van der Waals surface area contributed by atoms with Crippen molar-refractivity contribution in [2.75, 3.05) is 0 Å². The third-order valence-electron chi connectivity index (χ3n) is 3.12. The zero-order chi connectivity index (χ0) is 11.2. The van der Waals surface area contributed by atoms with Gasteiger partial charge in [0.05, 0.1) is 0 Å². The first-order valence-electron chi connectivity index (χ1n) is 6.17. The standard InChI is InChI=1S/C15H18O/c16-15(14-11-7-4-8-12-14)13-9-5-2-1-3-6-10-13/h4,7-9,11-12H,1-3,5-6,10H2/b13-9+. The lowest BCUT2D eigenvalue weighted by Gasteiger charge is -2.10. The molecule has 0 bridgehead atoms. The molecule has 1 aromatic rings. The number of hydrogen-bond acceptors (Lipinski definition) is 1. The highest BCUT2D eigenvalue weighted by molar-refractivity contribution is 6.08. The molecule has 0 saturated heterocycles. The smallest absolute Gasteiger partial charge is 0.188 e. The van der Waals surface area contributed by atoms with E-state index < -0.39 is 0 Å². The molecule has 2 rings (SSSR count). The monoisotopic (exact) mass is 214 g/mol. The molecular formula is C15H18O. The van der Waals surface area contributed by atoms with Crippen LogP contribution < -0.4 is 0 Å². The average Bonchev–Trinajstić information content (AvgIpc) is 2.29. The maximum Gasteiger partial charge on any atom is 0.188 e. The predicted octanol–water partition coefficient (Wildman–Crippen LogP) is 4.15. The van der Waals surface area contributed by atoms with E-state index in [2.05, 4.69) is 6.08 Å².